The zero-order valence-corrected chi connectivity index (χ0v) is 11.5. The van der Waals surface area contributed by atoms with Crippen LogP contribution in [0.2, 0.25) is 0 Å². The third-order valence-electron chi connectivity index (χ3n) is 2.49. The van der Waals surface area contributed by atoms with Crippen LogP contribution < -0.4 is 10.5 Å². The van der Waals surface area contributed by atoms with Gasteiger partial charge in [0.1, 0.15) is 5.75 Å². The van der Waals surface area contributed by atoms with Gasteiger partial charge in [0, 0.05) is 33.4 Å². The van der Waals surface area contributed by atoms with E-state index < -0.39 is 10.8 Å². The van der Waals surface area contributed by atoms with Gasteiger partial charge in [-0.15, -0.1) is 0 Å². The Hall–Kier alpha value is -0.870. The van der Waals surface area contributed by atoms with E-state index >= 15 is 0 Å². The first-order valence-electron chi connectivity index (χ1n) is 5.90. The Morgan fingerprint density at radius 1 is 1.35 bits per heavy atom. The molecule has 0 spiro atoms. The Bertz CT molecular complexity index is 379. The molecule has 0 bridgehead atoms. The fraction of sp³-hybridized carbons (Fsp3) is 0.538. The Morgan fingerprint density at radius 3 is 2.59 bits per heavy atom. The van der Waals surface area contributed by atoms with Gasteiger partial charge < -0.3 is 10.5 Å². The quantitative estimate of drug-likeness (QED) is 0.848. The minimum Gasteiger partial charge on any atom is -0.494 e. The second-order valence-electron chi connectivity index (χ2n) is 4.17. The minimum absolute atomic E-state index is 0.139. The first kappa shape index (κ1) is 14.2. The van der Waals surface area contributed by atoms with Gasteiger partial charge >= 0.3 is 0 Å². The highest BCUT2D eigenvalue weighted by atomic mass is 32.2. The van der Waals surface area contributed by atoms with Gasteiger partial charge in [0.15, 0.2) is 0 Å². The van der Waals surface area contributed by atoms with E-state index in [1.807, 2.05) is 45.0 Å². The largest absolute Gasteiger partial charge is 0.494 e. The molecule has 0 aliphatic heterocycles. The molecule has 0 saturated carbocycles. The van der Waals surface area contributed by atoms with Crippen molar-refractivity contribution in [2.45, 2.75) is 32.1 Å². The molecule has 0 aliphatic carbocycles. The molecule has 0 heterocycles. The molecule has 96 valence electrons. The van der Waals surface area contributed by atoms with Crippen LogP contribution in [-0.4, -0.2) is 21.8 Å². The van der Waals surface area contributed by atoms with E-state index in [0.29, 0.717) is 12.4 Å². The fourth-order valence-electron chi connectivity index (χ4n) is 1.53. The maximum absolute atomic E-state index is 11.8. The average molecular weight is 255 g/mol. The number of rotatable bonds is 6. The van der Waals surface area contributed by atoms with Crippen molar-refractivity contribution < 1.29 is 8.95 Å². The number of para-hydroxylation sites is 1. The number of hydrogen-bond acceptors (Lipinski definition) is 3. The van der Waals surface area contributed by atoms with Crippen LogP contribution in [0.3, 0.4) is 0 Å². The minimum atomic E-state index is -0.895. The van der Waals surface area contributed by atoms with Gasteiger partial charge in [-0.25, -0.2) is 0 Å². The lowest BCUT2D eigenvalue weighted by Gasteiger charge is -2.17. The molecule has 0 fully saturated rings. The van der Waals surface area contributed by atoms with E-state index in [4.69, 9.17) is 10.5 Å². The molecule has 2 unspecified atom stereocenters. The van der Waals surface area contributed by atoms with Crippen LogP contribution in [-0.2, 0) is 10.8 Å². The number of ether oxygens (including phenoxy) is 1. The highest BCUT2D eigenvalue weighted by Gasteiger charge is 2.16. The molecule has 0 aliphatic rings. The molecule has 17 heavy (non-hydrogen) atoms. The standard InChI is InChI=1S/C13H21NO2S/c1-4-16-13-8-6-5-7-11(13)12(14)9-17(15)10(2)3/h5-8,10,12H,4,9,14H2,1-3H3. The van der Waals surface area contributed by atoms with Gasteiger partial charge in [-0.05, 0) is 13.0 Å². The molecule has 0 aromatic heterocycles. The maximum Gasteiger partial charge on any atom is 0.124 e. The summed E-state index contributed by atoms with van der Waals surface area (Å²) < 4.78 is 17.3. The Kier molecular flexibility index (Phi) is 5.65. The molecule has 0 saturated heterocycles. The molecule has 0 radical (unpaired) electrons. The van der Waals surface area contributed by atoms with Gasteiger partial charge in [-0.1, -0.05) is 32.0 Å². The predicted molar refractivity (Wildman–Crippen MR) is 72.7 cm³/mol. The van der Waals surface area contributed by atoms with Crippen molar-refractivity contribution >= 4 is 10.8 Å². The normalized spacial score (nSPS) is 14.6. The zero-order chi connectivity index (χ0) is 12.8. The summed E-state index contributed by atoms with van der Waals surface area (Å²) in [7, 11) is -0.895. The summed E-state index contributed by atoms with van der Waals surface area (Å²) in [5.74, 6) is 1.27. The van der Waals surface area contributed by atoms with Gasteiger partial charge in [-0.2, -0.15) is 0 Å². The van der Waals surface area contributed by atoms with Crippen LogP contribution in [0.25, 0.3) is 0 Å². The van der Waals surface area contributed by atoms with Crippen molar-refractivity contribution in [3.63, 3.8) is 0 Å². The summed E-state index contributed by atoms with van der Waals surface area (Å²) >= 11 is 0. The number of nitrogens with two attached hydrogens (primary N) is 1. The number of hydrogen-bond donors (Lipinski definition) is 1. The van der Waals surface area contributed by atoms with Crippen LogP contribution in [0.15, 0.2) is 24.3 Å². The first-order chi connectivity index (χ1) is 8.06. The molecule has 1 aromatic carbocycles. The smallest absolute Gasteiger partial charge is 0.124 e. The van der Waals surface area contributed by atoms with Crippen molar-refractivity contribution in [3.8, 4) is 5.75 Å². The van der Waals surface area contributed by atoms with Crippen molar-refractivity contribution in [3.05, 3.63) is 29.8 Å². The second kappa shape index (κ2) is 6.77. The summed E-state index contributed by atoms with van der Waals surface area (Å²) in [6.07, 6.45) is 0. The second-order valence-corrected chi connectivity index (χ2v) is 6.21. The monoisotopic (exact) mass is 255 g/mol. The molecule has 1 aromatic rings. The van der Waals surface area contributed by atoms with Crippen molar-refractivity contribution in [1.82, 2.24) is 0 Å². The summed E-state index contributed by atoms with van der Waals surface area (Å²) in [4.78, 5) is 0. The molecular formula is C13H21NO2S. The maximum atomic E-state index is 11.8. The van der Waals surface area contributed by atoms with Gasteiger partial charge in [-0.3, -0.25) is 4.21 Å². The SMILES string of the molecule is CCOc1ccccc1C(N)CS(=O)C(C)C. The van der Waals surface area contributed by atoms with Crippen molar-refractivity contribution in [2.75, 3.05) is 12.4 Å². The van der Waals surface area contributed by atoms with E-state index in [1.165, 1.54) is 0 Å². The zero-order valence-electron chi connectivity index (χ0n) is 10.7. The predicted octanol–water partition coefficient (Wildman–Crippen LogP) is 2.24. The molecule has 1 rings (SSSR count). The van der Waals surface area contributed by atoms with E-state index in [0.717, 1.165) is 11.3 Å². The van der Waals surface area contributed by atoms with Crippen LogP contribution in [0.1, 0.15) is 32.4 Å². The van der Waals surface area contributed by atoms with Crippen molar-refractivity contribution in [2.24, 2.45) is 5.73 Å². The van der Waals surface area contributed by atoms with Crippen LogP contribution in [0.4, 0.5) is 0 Å². The molecule has 4 heteroatoms. The summed E-state index contributed by atoms with van der Waals surface area (Å²) in [6.45, 7) is 6.43. The topological polar surface area (TPSA) is 52.3 Å². The molecular weight excluding hydrogens is 234 g/mol. The summed E-state index contributed by atoms with van der Waals surface area (Å²) in [6, 6.07) is 7.45. The van der Waals surface area contributed by atoms with Crippen LogP contribution in [0, 0.1) is 0 Å². The molecule has 2 atom stereocenters. The number of benzene rings is 1. The van der Waals surface area contributed by atoms with Crippen LogP contribution >= 0.6 is 0 Å². The fourth-order valence-corrected chi connectivity index (χ4v) is 2.45. The van der Waals surface area contributed by atoms with E-state index in [1.54, 1.807) is 0 Å². The highest BCUT2D eigenvalue weighted by molar-refractivity contribution is 7.85. The molecule has 2 N–H and O–H groups in total. The van der Waals surface area contributed by atoms with E-state index in [-0.39, 0.29) is 11.3 Å². The van der Waals surface area contributed by atoms with Gasteiger partial charge in [0.25, 0.3) is 0 Å². The lowest BCUT2D eigenvalue weighted by molar-refractivity contribution is 0.335. The van der Waals surface area contributed by atoms with E-state index in [9.17, 15) is 4.21 Å². The summed E-state index contributed by atoms with van der Waals surface area (Å²) in [5, 5.41) is 0.139. The third-order valence-corrected chi connectivity index (χ3v) is 4.23. The van der Waals surface area contributed by atoms with Gasteiger partial charge in [0.2, 0.25) is 0 Å². The lowest BCUT2D eigenvalue weighted by Crippen LogP contribution is -2.22. The van der Waals surface area contributed by atoms with Gasteiger partial charge in [0.05, 0.1) is 6.61 Å². The van der Waals surface area contributed by atoms with E-state index in [2.05, 4.69) is 0 Å². The third kappa shape index (κ3) is 4.13. The van der Waals surface area contributed by atoms with Crippen molar-refractivity contribution in [1.29, 1.82) is 0 Å². The lowest BCUT2D eigenvalue weighted by atomic mass is 10.1. The highest BCUT2D eigenvalue weighted by Crippen LogP contribution is 2.24. The van der Waals surface area contributed by atoms with Crippen LogP contribution in [0.5, 0.6) is 5.75 Å². The first-order valence-corrected chi connectivity index (χ1v) is 7.29. The Morgan fingerprint density at radius 2 is 2.00 bits per heavy atom. The Balaban J connectivity index is 2.80. The summed E-state index contributed by atoms with van der Waals surface area (Å²) in [5.41, 5.74) is 7.03. The molecule has 3 nitrogen and oxygen atoms in total. The molecule has 0 amide bonds. The Labute approximate surface area is 106 Å². The average Bonchev–Trinajstić information content (AvgIpc) is 2.29.